The van der Waals surface area contributed by atoms with Crippen LogP contribution < -0.4 is 4.90 Å². The van der Waals surface area contributed by atoms with Crippen LogP contribution in [0.2, 0.25) is 0 Å². The lowest BCUT2D eigenvalue weighted by Gasteiger charge is -2.31. The molecule has 3 heteroatoms. The second kappa shape index (κ2) is 14.1. The minimum absolute atomic E-state index is 1.10. The third-order valence-corrected chi connectivity index (χ3v) is 13.1. The summed E-state index contributed by atoms with van der Waals surface area (Å²) < 4.78 is 5.01. The Labute approximate surface area is 364 Å². The minimum Gasteiger partial charge on any atom is -0.309 e. The van der Waals surface area contributed by atoms with E-state index in [0.717, 1.165) is 45.0 Å². The van der Waals surface area contributed by atoms with Crippen LogP contribution >= 0.6 is 0 Å². The monoisotopic (exact) mass is 801 g/mol. The number of anilines is 3. The van der Waals surface area contributed by atoms with E-state index in [9.17, 15) is 0 Å². The zero-order valence-corrected chi connectivity index (χ0v) is 34.4. The van der Waals surface area contributed by atoms with Crippen LogP contribution in [-0.2, 0) is 0 Å². The predicted octanol–water partition coefficient (Wildman–Crippen LogP) is 16.4. The Bertz CT molecular complexity index is 3770. The van der Waals surface area contributed by atoms with Crippen molar-refractivity contribution in [2.24, 2.45) is 0 Å². The molecule has 0 N–H and O–H groups in total. The van der Waals surface area contributed by atoms with Crippen LogP contribution in [0.25, 0.3) is 98.8 Å². The Morgan fingerprint density at radius 1 is 0.222 bits per heavy atom. The van der Waals surface area contributed by atoms with E-state index in [1.807, 2.05) is 0 Å². The maximum absolute atomic E-state index is 2.52. The third-order valence-electron chi connectivity index (χ3n) is 13.1. The fourth-order valence-electron chi connectivity index (χ4n) is 10.4. The zero-order valence-electron chi connectivity index (χ0n) is 34.4. The molecule has 0 unspecified atom stereocenters. The van der Waals surface area contributed by atoms with E-state index in [4.69, 9.17) is 0 Å². The summed E-state index contributed by atoms with van der Waals surface area (Å²) in [5, 5.41) is 9.65. The van der Waals surface area contributed by atoms with Crippen molar-refractivity contribution >= 4 is 82.2 Å². The second-order valence-corrected chi connectivity index (χ2v) is 16.4. The van der Waals surface area contributed by atoms with E-state index < -0.39 is 0 Å². The summed E-state index contributed by atoms with van der Waals surface area (Å²) in [5.41, 5.74) is 14.9. The molecule has 0 spiro atoms. The van der Waals surface area contributed by atoms with E-state index >= 15 is 0 Å². The molecule has 0 saturated heterocycles. The lowest BCUT2D eigenvalue weighted by Crippen LogP contribution is -2.14. The molecule has 0 radical (unpaired) electrons. The van der Waals surface area contributed by atoms with Crippen LogP contribution in [0.3, 0.4) is 0 Å². The van der Waals surface area contributed by atoms with Gasteiger partial charge >= 0.3 is 0 Å². The Hall–Kier alpha value is -8.40. The topological polar surface area (TPSA) is 13.1 Å². The second-order valence-electron chi connectivity index (χ2n) is 16.4. The predicted molar refractivity (Wildman–Crippen MR) is 267 cm³/mol. The van der Waals surface area contributed by atoms with Gasteiger partial charge in [0.1, 0.15) is 0 Å². The molecule has 0 saturated carbocycles. The summed E-state index contributed by atoms with van der Waals surface area (Å²) in [6.07, 6.45) is 0. The average Bonchev–Trinajstić information content (AvgIpc) is 3.70. The van der Waals surface area contributed by atoms with E-state index in [2.05, 4.69) is 251 Å². The maximum atomic E-state index is 2.52. The molecular formula is C60H39N3. The minimum atomic E-state index is 1.10. The number of para-hydroxylation sites is 7. The van der Waals surface area contributed by atoms with Gasteiger partial charge in [-0.05, 0) is 93.3 Å². The van der Waals surface area contributed by atoms with Gasteiger partial charge in [0.15, 0.2) is 0 Å². The highest BCUT2D eigenvalue weighted by Crippen LogP contribution is 2.50. The third kappa shape index (κ3) is 5.33. The molecule has 63 heavy (non-hydrogen) atoms. The van der Waals surface area contributed by atoms with Gasteiger partial charge in [-0.1, -0.05) is 176 Å². The first-order chi connectivity index (χ1) is 31.3. The van der Waals surface area contributed by atoms with E-state index in [1.165, 1.54) is 70.9 Å². The number of rotatable bonds is 2. The summed E-state index contributed by atoms with van der Waals surface area (Å²) in [6.45, 7) is 0. The van der Waals surface area contributed by atoms with Gasteiger partial charge in [-0.15, -0.1) is 0 Å². The molecule has 0 bridgehead atoms. The van der Waals surface area contributed by atoms with Gasteiger partial charge in [-0.2, -0.15) is 0 Å². The van der Waals surface area contributed by atoms with Crippen LogP contribution in [0.5, 0.6) is 0 Å². The van der Waals surface area contributed by atoms with Gasteiger partial charge in [0, 0.05) is 44.0 Å². The molecule has 3 nitrogen and oxygen atoms in total. The summed E-state index contributed by atoms with van der Waals surface area (Å²) >= 11 is 0. The van der Waals surface area contributed by atoms with Crippen molar-refractivity contribution < 1.29 is 0 Å². The molecule has 294 valence electrons. The van der Waals surface area contributed by atoms with E-state index in [-0.39, 0.29) is 0 Å². The van der Waals surface area contributed by atoms with Gasteiger partial charge in [-0.25, -0.2) is 0 Å². The Morgan fingerprint density at radius 3 is 1.32 bits per heavy atom. The smallest absolute Gasteiger partial charge is 0.0703 e. The summed E-state index contributed by atoms with van der Waals surface area (Å²) in [5.74, 6) is 0. The van der Waals surface area contributed by atoms with Gasteiger partial charge < -0.3 is 14.0 Å². The maximum Gasteiger partial charge on any atom is 0.0703 e. The number of hydrogen-bond donors (Lipinski definition) is 0. The molecule has 12 aromatic rings. The normalized spacial score (nSPS) is 12.1. The molecular weight excluding hydrogens is 763 g/mol. The SMILES string of the molecule is c1ccc(N2c3ccccc3-c3ccccc3-c3cccc4c5cc(-n6c7ccccc7c7ccccc7c7ccccc7c7ccccc76)ccc5n(c34)-c3ccccc32)cc1. The number of nitrogens with zero attached hydrogens (tertiary/aromatic N) is 3. The van der Waals surface area contributed by atoms with Crippen LogP contribution in [0.15, 0.2) is 237 Å². The molecule has 2 aromatic heterocycles. The fourth-order valence-corrected chi connectivity index (χ4v) is 10.4. The van der Waals surface area contributed by atoms with Gasteiger partial charge in [0.2, 0.25) is 0 Å². The molecule has 0 atom stereocenters. The van der Waals surface area contributed by atoms with Crippen LogP contribution in [0, 0.1) is 0 Å². The number of fused-ring (bicyclic) bond motifs is 16. The summed E-state index contributed by atoms with van der Waals surface area (Å²) in [4.78, 5) is 2.44. The van der Waals surface area contributed by atoms with Gasteiger partial charge in [-0.3, -0.25) is 0 Å². The Kier molecular flexibility index (Phi) is 7.91. The highest BCUT2D eigenvalue weighted by atomic mass is 15.2. The Balaban J connectivity index is 1.20. The Morgan fingerprint density at radius 2 is 0.667 bits per heavy atom. The van der Waals surface area contributed by atoms with E-state index in [1.54, 1.807) is 0 Å². The van der Waals surface area contributed by atoms with Gasteiger partial charge in [0.05, 0.1) is 39.1 Å². The number of aromatic nitrogens is 2. The average molecular weight is 802 g/mol. The first-order valence-electron chi connectivity index (χ1n) is 21.7. The first kappa shape index (κ1) is 35.4. The first-order valence-corrected chi connectivity index (χ1v) is 21.7. The molecule has 0 aliphatic carbocycles. The molecule has 3 heterocycles. The quantitative estimate of drug-likeness (QED) is 0.170. The van der Waals surface area contributed by atoms with Crippen LogP contribution in [0.4, 0.5) is 17.1 Å². The van der Waals surface area contributed by atoms with Crippen molar-refractivity contribution in [2.75, 3.05) is 4.90 Å². The lowest BCUT2D eigenvalue weighted by atomic mass is 9.91. The molecule has 0 amide bonds. The standard InChI is InChI=1S/C60H39N3/c1-2-19-40(20-3-1)61-54-32-13-10-29-50(54)46-25-8-9-26-47(46)51-30-18-31-52-53-39-41(37-38-57(53)63(60(51)52)59-36-17-16-35-58(59)61)62-55-33-14-11-27-48(55)44-23-6-4-21-42(44)43-22-5-7-24-45(43)49-28-12-15-34-56(49)62/h1-39H. The van der Waals surface area contributed by atoms with Crippen LogP contribution in [-0.4, -0.2) is 9.13 Å². The van der Waals surface area contributed by atoms with Crippen molar-refractivity contribution in [1.82, 2.24) is 9.13 Å². The summed E-state index contributed by atoms with van der Waals surface area (Å²) in [6, 6.07) is 87.0. The van der Waals surface area contributed by atoms with Crippen molar-refractivity contribution in [3.63, 3.8) is 0 Å². The lowest BCUT2D eigenvalue weighted by molar-refractivity contribution is 1.14. The molecule has 10 aromatic carbocycles. The molecule has 1 aliphatic heterocycles. The van der Waals surface area contributed by atoms with E-state index in [0.29, 0.717) is 0 Å². The number of benzene rings is 10. The fraction of sp³-hybridized carbons (Fsp3) is 0. The summed E-state index contributed by atoms with van der Waals surface area (Å²) in [7, 11) is 0. The van der Waals surface area contributed by atoms with Crippen molar-refractivity contribution in [1.29, 1.82) is 0 Å². The highest BCUT2D eigenvalue weighted by Gasteiger charge is 2.27. The van der Waals surface area contributed by atoms with Crippen molar-refractivity contribution in [3.8, 4) is 33.6 Å². The largest absolute Gasteiger partial charge is 0.309 e. The molecule has 1 aliphatic rings. The molecule has 13 rings (SSSR count). The van der Waals surface area contributed by atoms with Gasteiger partial charge in [0.25, 0.3) is 0 Å². The number of hydrogen-bond acceptors (Lipinski definition) is 1. The molecule has 0 fully saturated rings. The highest BCUT2D eigenvalue weighted by molar-refractivity contribution is 6.20. The zero-order chi connectivity index (χ0) is 41.4. The van der Waals surface area contributed by atoms with Crippen LogP contribution in [0.1, 0.15) is 0 Å². The van der Waals surface area contributed by atoms with Crippen molar-refractivity contribution in [2.45, 2.75) is 0 Å². The van der Waals surface area contributed by atoms with Crippen molar-refractivity contribution in [3.05, 3.63) is 237 Å².